The monoisotopic (exact) mass is 317 g/mol. The molecule has 5 nitrogen and oxygen atoms in total. The van der Waals surface area contributed by atoms with Crippen molar-refractivity contribution in [1.29, 1.82) is 0 Å². The fourth-order valence-corrected chi connectivity index (χ4v) is 2.44. The number of carbonyl (C=O) groups excluding carboxylic acids is 1. The summed E-state index contributed by atoms with van der Waals surface area (Å²) in [6.07, 6.45) is -0.851. The van der Waals surface area contributed by atoms with Crippen LogP contribution in [-0.2, 0) is 20.7 Å². The number of halogens is 2. The Kier molecular flexibility index (Phi) is 4.86. The highest BCUT2D eigenvalue weighted by atomic mass is 35.5. The van der Waals surface area contributed by atoms with Crippen molar-refractivity contribution in [2.45, 2.75) is 12.5 Å². The Morgan fingerprint density at radius 1 is 1.40 bits per heavy atom. The Balaban J connectivity index is 2.02. The summed E-state index contributed by atoms with van der Waals surface area (Å²) in [7, 11) is 0. The zero-order chi connectivity index (χ0) is 14.7. The van der Waals surface area contributed by atoms with Crippen LogP contribution < -0.4 is 0 Å². The number of nitrogens with zero attached hydrogens (tertiary/aromatic N) is 1. The number of ether oxygens (including phenoxy) is 1. The van der Waals surface area contributed by atoms with E-state index in [4.69, 9.17) is 33.0 Å². The lowest BCUT2D eigenvalue weighted by Crippen LogP contribution is -2.49. The summed E-state index contributed by atoms with van der Waals surface area (Å²) in [4.78, 5) is 24.5. The molecular formula is C13H13Cl2NO4. The maximum atomic E-state index is 12.2. The largest absolute Gasteiger partial charge is 0.479 e. The average molecular weight is 318 g/mol. The van der Waals surface area contributed by atoms with Crippen LogP contribution in [-0.4, -0.2) is 47.7 Å². The fraction of sp³-hybridized carbons (Fsp3) is 0.385. The SMILES string of the molecule is O=C(O)[C@@H]1CN(C(=O)Cc2ccc(Cl)cc2Cl)CCO1. The molecule has 1 aliphatic rings. The number of hydrogen-bond acceptors (Lipinski definition) is 3. The summed E-state index contributed by atoms with van der Waals surface area (Å²) in [5, 5.41) is 9.83. The van der Waals surface area contributed by atoms with Crippen molar-refractivity contribution in [2.75, 3.05) is 19.7 Å². The van der Waals surface area contributed by atoms with Gasteiger partial charge in [-0.3, -0.25) is 4.79 Å². The first-order chi connectivity index (χ1) is 9.47. The summed E-state index contributed by atoms with van der Waals surface area (Å²) < 4.78 is 5.07. The van der Waals surface area contributed by atoms with Gasteiger partial charge in [0.2, 0.25) is 5.91 Å². The minimum atomic E-state index is -1.06. The molecule has 0 radical (unpaired) electrons. The number of carboxylic acid groups (broad SMARTS) is 1. The standard InChI is InChI=1S/C13H13Cl2NO4/c14-9-2-1-8(10(15)6-9)5-12(17)16-3-4-20-11(7-16)13(18)19/h1-2,6,11H,3-5,7H2,(H,18,19)/t11-/m0/s1. The predicted octanol–water partition coefficient (Wildman–Crippen LogP) is 1.85. The molecule has 1 amide bonds. The molecule has 0 unspecified atom stereocenters. The van der Waals surface area contributed by atoms with E-state index in [-0.39, 0.29) is 25.5 Å². The summed E-state index contributed by atoms with van der Waals surface area (Å²) in [5.74, 6) is -1.24. The van der Waals surface area contributed by atoms with Crippen molar-refractivity contribution >= 4 is 35.1 Å². The normalized spacial score (nSPS) is 18.9. The topological polar surface area (TPSA) is 66.8 Å². The van der Waals surface area contributed by atoms with E-state index >= 15 is 0 Å². The third-order valence-corrected chi connectivity index (χ3v) is 3.64. The summed E-state index contributed by atoms with van der Waals surface area (Å²) >= 11 is 11.8. The van der Waals surface area contributed by atoms with E-state index in [0.29, 0.717) is 22.2 Å². The van der Waals surface area contributed by atoms with Crippen LogP contribution in [0.3, 0.4) is 0 Å². The molecule has 1 atom stereocenters. The van der Waals surface area contributed by atoms with E-state index in [9.17, 15) is 9.59 Å². The van der Waals surface area contributed by atoms with Crippen LogP contribution in [0.1, 0.15) is 5.56 Å². The van der Waals surface area contributed by atoms with E-state index in [1.165, 1.54) is 4.90 Å². The molecule has 1 saturated heterocycles. The maximum Gasteiger partial charge on any atom is 0.334 e. The molecule has 2 rings (SSSR count). The molecule has 1 aromatic rings. The lowest BCUT2D eigenvalue weighted by molar-refractivity contribution is -0.159. The second kappa shape index (κ2) is 6.43. The quantitative estimate of drug-likeness (QED) is 0.923. The van der Waals surface area contributed by atoms with Gasteiger partial charge in [-0.1, -0.05) is 29.3 Å². The summed E-state index contributed by atoms with van der Waals surface area (Å²) in [5.41, 5.74) is 0.666. The molecule has 0 spiro atoms. The van der Waals surface area contributed by atoms with Gasteiger partial charge in [-0.05, 0) is 17.7 Å². The molecule has 1 heterocycles. The smallest absolute Gasteiger partial charge is 0.334 e. The number of benzene rings is 1. The van der Waals surface area contributed by atoms with Gasteiger partial charge in [-0.25, -0.2) is 4.79 Å². The van der Waals surface area contributed by atoms with Gasteiger partial charge in [0.25, 0.3) is 0 Å². The third-order valence-electron chi connectivity index (χ3n) is 3.05. The lowest BCUT2D eigenvalue weighted by atomic mass is 10.1. The molecule has 1 aromatic carbocycles. The minimum Gasteiger partial charge on any atom is -0.479 e. The number of carboxylic acids is 1. The predicted molar refractivity (Wildman–Crippen MR) is 74.1 cm³/mol. The maximum absolute atomic E-state index is 12.2. The second-order valence-electron chi connectivity index (χ2n) is 4.45. The Morgan fingerprint density at radius 2 is 2.15 bits per heavy atom. The Hall–Kier alpha value is -1.30. The Labute approximate surface area is 126 Å². The first-order valence-electron chi connectivity index (χ1n) is 6.03. The molecule has 108 valence electrons. The molecule has 1 aliphatic heterocycles. The molecule has 0 aromatic heterocycles. The highest BCUT2D eigenvalue weighted by Gasteiger charge is 2.29. The zero-order valence-corrected chi connectivity index (χ0v) is 12.0. The first kappa shape index (κ1) is 15.1. The van der Waals surface area contributed by atoms with Gasteiger partial charge in [0.05, 0.1) is 19.6 Å². The lowest BCUT2D eigenvalue weighted by Gasteiger charge is -2.31. The number of aliphatic carboxylic acids is 1. The highest BCUT2D eigenvalue weighted by molar-refractivity contribution is 6.35. The second-order valence-corrected chi connectivity index (χ2v) is 5.29. The summed E-state index contributed by atoms with van der Waals surface area (Å²) in [6, 6.07) is 4.93. The Bertz CT molecular complexity index is 535. The zero-order valence-electron chi connectivity index (χ0n) is 10.5. The van der Waals surface area contributed by atoms with E-state index in [1.807, 2.05) is 0 Å². The van der Waals surface area contributed by atoms with Gasteiger partial charge in [0.15, 0.2) is 6.10 Å². The number of morpholine rings is 1. The number of rotatable bonds is 3. The van der Waals surface area contributed by atoms with Crippen LogP contribution >= 0.6 is 23.2 Å². The van der Waals surface area contributed by atoms with Crippen LogP contribution in [0.4, 0.5) is 0 Å². The molecule has 1 N–H and O–H groups in total. The van der Waals surface area contributed by atoms with Crippen LogP contribution in [0.15, 0.2) is 18.2 Å². The highest BCUT2D eigenvalue weighted by Crippen LogP contribution is 2.22. The van der Waals surface area contributed by atoms with Crippen molar-refractivity contribution < 1.29 is 19.4 Å². The van der Waals surface area contributed by atoms with Gasteiger partial charge >= 0.3 is 5.97 Å². The molecule has 0 bridgehead atoms. The van der Waals surface area contributed by atoms with Crippen LogP contribution in [0.5, 0.6) is 0 Å². The van der Waals surface area contributed by atoms with Crippen molar-refractivity contribution in [1.82, 2.24) is 4.90 Å². The van der Waals surface area contributed by atoms with Crippen molar-refractivity contribution in [3.63, 3.8) is 0 Å². The van der Waals surface area contributed by atoms with Gasteiger partial charge < -0.3 is 14.7 Å². The van der Waals surface area contributed by atoms with Gasteiger partial charge in [-0.15, -0.1) is 0 Å². The van der Waals surface area contributed by atoms with Gasteiger partial charge in [0, 0.05) is 16.6 Å². The molecule has 0 aliphatic carbocycles. The molecule has 7 heteroatoms. The fourth-order valence-electron chi connectivity index (χ4n) is 1.96. The molecule has 20 heavy (non-hydrogen) atoms. The number of hydrogen-bond donors (Lipinski definition) is 1. The van der Waals surface area contributed by atoms with E-state index < -0.39 is 12.1 Å². The summed E-state index contributed by atoms with van der Waals surface area (Å²) in [6.45, 7) is 0.657. The molecular weight excluding hydrogens is 305 g/mol. The van der Waals surface area contributed by atoms with Gasteiger partial charge in [0.1, 0.15) is 0 Å². The third kappa shape index (κ3) is 3.62. The van der Waals surface area contributed by atoms with Crippen LogP contribution in [0, 0.1) is 0 Å². The van der Waals surface area contributed by atoms with Gasteiger partial charge in [-0.2, -0.15) is 0 Å². The van der Waals surface area contributed by atoms with E-state index in [2.05, 4.69) is 0 Å². The van der Waals surface area contributed by atoms with Crippen molar-refractivity contribution in [2.24, 2.45) is 0 Å². The van der Waals surface area contributed by atoms with Crippen molar-refractivity contribution in [3.8, 4) is 0 Å². The Morgan fingerprint density at radius 3 is 2.80 bits per heavy atom. The van der Waals surface area contributed by atoms with E-state index in [0.717, 1.165) is 0 Å². The molecule has 1 fully saturated rings. The number of amides is 1. The van der Waals surface area contributed by atoms with Crippen LogP contribution in [0.2, 0.25) is 10.0 Å². The van der Waals surface area contributed by atoms with Crippen molar-refractivity contribution in [3.05, 3.63) is 33.8 Å². The minimum absolute atomic E-state index is 0.0549. The number of carbonyl (C=O) groups is 2. The van der Waals surface area contributed by atoms with E-state index in [1.54, 1.807) is 18.2 Å². The first-order valence-corrected chi connectivity index (χ1v) is 6.79. The molecule has 0 saturated carbocycles. The van der Waals surface area contributed by atoms with Crippen LogP contribution in [0.25, 0.3) is 0 Å². The average Bonchev–Trinajstić information content (AvgIpc) is 2.42.